The molecule has 0 spiro atoms. The molecule has 1 saturated heterocycles. The van der Waals surface area contributed by atoms with E-state index in [1.165, 1.54) is 11.0 Å². The van der Waals surface area contributed by atoms with Gasteiger partial charge in [-0.2, -0.15) is 0 Å². The molecule has 0 aliphatic carbocycles. The van der Waals surface area contributed by atoms with Gasteiger partial charge in [-0.05, 0) is 66.5 Å². The maximum absolute atomic E-state index is 13.7. The van der Waals surface area contributed by atoms with Crippen molar-refractivity contribution in [2.24, 2.45) is 5.92 Å². The van der Waals surface area contributed by atoms with Crippen LogP contribution >= 0.6 is 0 Å². The number of benzene rings is 2. The van der Waals surface area contributed by atoms with Crippen molar-refractivity contribution in [3.8, 4) is 5.75 Å². The topological polar surface area (TPSA) is 140 Å². The highest BCUT2D eigenvalue weighted by Gasteiger charge is 2.44. The molecule has 40 heavy (non-hydrogen) atoms. The minimum atomic E-state index is -0.586. The lowest BCUT2D eigenvalue weighted by atomic mass is 9.82. The van der Waals surface area contributed by atoms with Gasteiger partial charge in [0.1, 0.15) is 5.75 Å². The Labute approximate surface area is 232 Å². The van der Waals surface area contributed by atoms with Crippen molar-refractivity contribution in [3.05, 3.63) is 77.4 Å². The van der Waals surface area contributed by atoms with Gasteiger partial charge in [-0.3, -0.25) is 24.5 Å². The van der Waals surface area contributed by atoms with Crippen LogP contribution in [0, 0.1) is 5.92 Å². The summed E-state index contributed by atoms with van der Waals surface area (Å²) >= 11 is 0. The number of carbonyl (C=O) groups is 4. The van der Waals surface area contributed by atoms with E-state index >= 15 is 0 Å². The van der Waals surface area contributed by atoms with Crippen LogP contribution in [0.15, 0.2) is 60.7 Å². The zero-order valence-electron chi connectivity index (χ0n) is 22.5. The zero-order valence-corrected chi connectivity index (χ0v) is 22.5. The first kappa shape index (κ1) is 28.4. The van der Waals surface area contributed by atoms with Crippen molar-refractivity contribution in [3.63, 3.8) is 0 Å². The molecule has 210 valence electrons. The van der Waals surface area contributed by atoms with E-state index in [0.717, 1.165) is 28.0 Å². The van der Waals surface area contributed by atoms with E-state index in [2.05, 4.69) is 17.2 Å². The van der Waals surface area contributed by atoms with Gasteiger partial charge in [0.25, 0.3) is 5.91 Å². The number of hydrogen-bond acceptors (Lipinski definition) is 7. The fraction of sp³-hybridized carbons (Fsp3) is 0.310. The molecule has 11 nitrogen and oxygen atoms in total. The number of hydroxylamine groups is 1. The van der Waals surface area contributed by atoms with E-state index in [0.29, 0.717) is 43.9 Å². The summed E-state index contributed by atoms with van der Waals surface area (Å²) in [5.74, 6) is -1.06. The molecule has 2 bridgehead atoms. The number of ether oxygens (including phenoxy) is 1. The fourth-order valence-corrected chi connectivity index (χ4v) is 5.05. The molecular weight excluding hydrogens is 514 g/mol. The molecule has 5 amide bonds. The lowest BCUT2D eigenvalue weighted by Crippen LogP contribution is -2.59. The molecule has 11 heteroatoms. The number of hydrogen-bond donors (Lipinski definition) is 4. The van der Waals surface area contributed by atoms with Gasteiger partial charge in [0.05, 0.1) is 13.0 Å². The van der Waals surface area contributed by atoms with E-state index in [9.17, 15) is 19.2 Å². The number of nitrogens with zero attached hydrogens (tertiary/aromatic N) is 2. The van der Waals surface area contributed by atoms with Gasteiger partial charge in [-0.25, -0.2) is 10.3 Å². The molecular formula is C29H33N5O6. The van der Waals surface area contributed by atoms with Crippen molar-refractivity contribution in [1.29, 1.82) is 0 Å². The van der Waals surface area contributed by atoms with Crippen LogP contribution in [0.5, 0.6) is 5.75 Å². The minimum Gasteiger partial charge on any atom is -0.497 e. The standard InChI is InChI=1S/C29H33N5O6/c1-4-25(35)30-12-5-13-34-28(37)23-17-33(29(34)38)16-18(2)26(23)22-14-21(40-3)10-11-24(22)31-15-19-6-8-20(9-7-19)27(36)32-39/h4,6-11,14,23,31,39H,1,5,12-13,15-17H2,2-3H3,(H,30,35)(H,32,36). The lowest BCUT2D eigenvalue weighted by molar-refractivity contribution is -0.134. The van der Waals surface area contributed by atoms with Crippen molar-refractivity contribution in [2.45, 2.75) is 19.9 Å². The molecule has 0 saturated carbocycles. The molecule has 0 aromatic heterocycles. The predicted molar refractivity (Wildman–Crippen MR) is 149 cm³/mol. The average Bonchev–Trinajstić information content (AvgIpc) is 2.98. The highest BCUT2D eigenvalue weighted by molar-refractivity contribution is 6.06. The van der Waals surface area contributed by atoms with Gasteiger partial charge in [0.2, 0.25) is 11.8 Å². The SMILES string of the molecule is C=CC(=O)NCCCN1C(=O)C2CN(CC(C)=C2c2cc(OC)ccc2NCc2ccc(C(=O)NO)cc2)C1=O. The Kier molecular flexibility index (Phi) is 8.85. The van der Waals surface area contributed by atoms with Crippen LogP contribution < -0.4 is 20.9 Å². The summed E-state index contributed by atoms with van der Waals surface area (Å²) in [6.45, 7) is 7.00. The Morgan fingerprint density at radius 2 is 1.93 bits per heavy atom. The summed E-state index contributed by atoms with van der Waals surface area (Å²) in [5, 5.41) is 14.9. The van der Waals surface area contributed by atoms with Crippen LogP contribution in [-0.4, -0.2) is 72.0 Å². The second-order valence-corrected chi connectivity index (χ2v) is 9.65. The van der Waals surface area contributed by atoms with Crippen molar-refractivity contribution in [2.75, 3.05) is 38.6 Å². The number of methoxy groups -OCH3 is 1. The number of rotatable bonds is 11. The van der Waals surface area contributed by atoms with Crippen LogP contribution in [0.25, 0.3) is 5.57 Å². The fourth-order valence-electron chi connectivity index (χ4n) is 5.05. The summed E-state index contributed by atoms with van der Waals surface area (Å²) < 4.78 is 5.50. The van der Waals surface area contributed by atoms with E-state index in [4.69, 9.17) is 9.94 Å². The number of imide groups is 1. The zero-order chi connectivity index (χ0) is 28.8. The molecule has 4 N–H and O–H groups in total. The average molecular weight is 548 g/mol. The second kappa shape index (κ2) is 12.5. The predicted octanol–water partition coefficient (Wildman–Crippen LogP) is 2.79. The van der Waals surface area contributed by atoms with Crippen LogP contribution in [0.3, 0.4) is 0 Å². The van der Waals surface area contributed by atoms with Gasteiger partial charge in [-0.1, -0.05) is 18.7 Å². The molecule has 2 aromatic rings. The maximum atomic E-state index is 13.7. The van der Waals surface area contributed by atoms with Crippen LogP contribution in [0.1, 0.15) is 34.8 Å². The highest BCUT2D eigenvalue weighted by atomic mass is 16.5. The van der Waals surface area contributed by atoms with E-state index < -0.39 is 11.8 Å². The molecule has 0 radical (unpaired) electrons. The molecule has 1 unspecified atom stereocenters. The lowest BCUT2D eigenvalue weighted by Gasteiger charge is -2.44. The van der Waals surface area contributed by atoms with E-state index in [-0.39, 0.29) is 24.4 Å². The van der Waals surface area contributed by atoms with Crippen LogP contribution in [-0.2, 0) is 16.1 Å². The number of nitrogens with one attached hydrogen (secondary N) is 3. The molecule has 1 atom stereocenters. The molecule has 2 aliphatic heterocycles. The monoisotopic (exact) mass is 547 g/mol. The Morgan fingerprint density at radius 1 is 1.18 bits per heavy atom. The van der Waals surface area contributed by atoms with Crippen LogP contribution in [0.4, 0.5) is 10.5 Å². The summed E-state index contributed by atoms with van der Waals surface area (Å²) in [7, 11) is 1.58. The minimum absolute atomic E-state index is 0.196. The largest absolute Gasteiger partial charge is 0.497 e. The maximum Gasteiger partial charge on any atom is 0.327 e. The van der Waals surface area contributed by atoms with Gasteiger partial charge in [0, 0.05) is 49.5 Å². The van der Waals surface area contributed by atoms with Gasteiger partial charge in [-0.15, -0.1) is 0 Å². The normalized spacial score (nSPS) is 16.5. The molecule has 2 heterocycles. The quantitative estimate of drug-likeness (QED) is 0.147. The van der Waals surface area contributed by atoms with Crippen LogP contribution in [0.2, 0.25) is 0 Å². The van der Waals surface area contributed by atoms with Crippen molar-refractivity contribution in [1.82, 2.24) is 20.6 Å². The third kappa shape index (κ3) is 5.99. The van der Waals surface area contributed by atoms with E-state index in [1.807, 2.05) is 25.1 Å². The van der Waals surface area contributed by atoms with Gasteiger partial charge in [0.15, 0.2) is 0 Å². The Morgan fingerprint density at radius 3 is 2.60 bits per heavy atom. The first-order chi connectivity index (χ1) is 19.3. The summed E-state index contributed by atoms with van der Waals surface area (Å²) in [6.07, 6.45) is 1.61. The molecule has 2 aliphatic rings. The van der Waals surface area contributed by atoms with Gasteiger partial charge >= 0.3 is 6.03 Å². The summed E-state index contributed by atoms with van der Waals surface area (Å²) in [5.41, 5.74) is 6.25. The van der Waals surface area contributed by atoms with Crippen molar-refractivity contribution >= 4 is 35.0 Å². The third-order valence-corrected chi connectivity index (χ3v) is 7.07. The third-order valence-electron chi connectivity index (χ3n) is 7.07. The Balaban J connectivity index is 1.58. The Bertz CT molecular complexity index is 1350. The summed E-state index contributed by atoms with van der Waals surface area (Å²) in [6, 6.07) is 12.1. The highest BCUT2D eigenvalue weighted by Crippen LogP contribution is 2.41. The number of amides is 5. The smallest absolute Gasteiger partial charge is 0.327 e. The Hall–Kier alpha value is -4.64. The molecule has 4 rings (SSSR count). The molecule has 2 aromatic carbocycles. The van der Waals surface area contributed by atoms with Gasteiger partial charge < -0.3 is 20.3 Å². The first-order valence-corrected chi connectivity index (χ1v) is 12.9. The summed E-state index contributed by atoms with van der Waals surface area (Å²) in [4.78, 5) is 52.7. The van der Waals surface area contributed by atoms with E-state index in [1.54, 1.807) is 41.8 Å². The number of fused-ring (bicyclic) bond motifs is 2. The first-order valence-electron chi connectivity index (χ1n) is 12.9. The number of carbonyl (C=O) groups excluding carboxylic acids is 4. The van der Waals surface area contributed by atoms with Crippen molar-refractivity contribution < 1.29 is 29.1 Å². The molecule has 1 fully saturated rings. The second-order valence-electron chi connectivity index (χ2n) is 9.65. The number of anilines is 1. The number of urea groups is 1.